The van der Waals surface area contributed by atoms with Gasteiger partial charge in [-0.3, -0.25) is 0 Å². The van der Waals surface area contributed by atoms with Crippen LogP contribution < -0.4 is 0 Å². The zero-order chi connectivity index (χ0) is 6.41. The van der Waals surface area contributed by atoms with Crippen LogP contribution in [-0.2, 0) is 0 Å². The van der Waals surface area contributed by atoms with Crippen molar-refractivity contribution >= 4 is 62.9 Å². The van der Waals surface area contributed by atoms with E-state index in [1.165, 1.54) is 0 Å². The number of thiocarbonyl (C=S) groups is 2. The summed E-state index contributed by atoms with van der Waals surface area (Å²) in [6, 6.07) is 0. The fraction of sp³-hybridized carbons (Fsp3) is 0. The Kier molecular flexibility index (Phi) is 6.32. The monoisotopic (exact) mass is 271 g/mol. The van der Waals surface area contributed by atoms with Crippen LogP contribution in [0.2, 0.25) is 0 Å². The van der Waals surface area contributed by atoms with E-state index in [-0.39, 0.29) is 0 Å². The van der Waals surface area contributed by atoms with Gasteiger partial charge in [-0.2, -0.15) is 0 Å². The van der Waals surface area contributed by atoms with E-state index < -0.39 is 19.2 Å². The first-order valence-corrected chi connectivity index (χ1v) is 8.48. The van der Waals surface area contributed by atoms with Crippen LogP contribution in [0.5, 0.6) is 0 Å². The third-order valence-electron chi connectivity index (χ3n) is 0.276. The summed E-state index contributed by atoms with van der Waals surface area (Å²) < 4.78 is 7.09. The maximum absolute atomic E-state index is 5.49. The summed E-state index contributed by atoms with van der Waals surface area (Å²) in [5, 5.41) is 4.27. The van der Waals surface area contributed by atoms with Crippen molar-refractivity contribution in [3.8, 4) is 0 Å². The molecule has 0 rings (SSSR count). The summed E-state index contributed by atoms with van der Waals surface area (Å²) in [4.78, 5) is 0. The topological polar surface area (TPSA) is 24.7 Å². The van der Waals surface area contributed by atoms with Crippen molar-refractivity contribution in [2.75, 3.05) is 0 Å². The van der Waals surface area contributed by atoms with Crippen molar-refractivity contribution in [2.45, 2.75) is 0 Å². The van der Waals surface area contributed by atoms with E-state index in [4.69, 9.17) is 8.92 Å². The van der Waals surface area contributed by atoms with Gasteiger partial charge < -0.3 is 0 Å². The molecule has 0 aromatic carbocycles. The molecule has 6 heteroatoms. The maximum atomic E-state index is 5.49. The van der Waals surface area contributed by atoms with Crippen molar-refractivity contribution in [3.63, 3.8) is 0 Å². The number of halogens is 1. The third-order valence-corrected chi connectivity index (χ3v) is 4.21. The van der Waals surface area contributed by atoms with Gasteiger partial charge in [-0.05, 0) is 0 Å². The Morgan fingerprint density at radius 3 is 1.88 bits per heavy atom. The van der Waals surface area contributed by atoms with Crippen LogP contribution in [0.15, 0.2) is 6.43 Å². The number of nitrogens with zero attached hydrogens (tertiary/aromatic N) is 2. The normalized spacial score (nSPS) is 7.25. The Morgan fingerprint density at radius 2 is 1.62 bits per heavy atom. The molecule has 0 aliphatic heterocycles. The summed E-state index contributed by atoms with van der Waals surface area (Å²) in [7, 11) is 5.49. The molecular formula is C2ClN2S2Sn. The van der Waals surface area contributed by atoms with Gasteiger partial charge in [0.1, 0.15) is 0 Å². The average molecular weight is 270 g/mol. The Hall–Kier alpha value is 0.689. The van der Waals surface area contributed by atoms with Crippen LogP contribution in [0.4, 0.5) is 0 Å². The zero-order valence-electron chi connectivity index (χ0n) is 3.59. The van der Waals surface area contributed by atoms with Gasteiger partial charge in [0, 0.05) is 0 Å². The second kappa shape index (κ2) is 5.82. The molecule has 0 N–H and O–H groups in total. The molecule has 41 valence electrons. The van der Waals surface area contributed by atoms with Crippen LogP contribution in [-0.4, -0.2) is 29.5 Å². The molecule has 0 unspecified atom stereocenters. The van der Waals surface area contributed by atoms with Crippen molar-refractivity contribution in [2.24, 2.45) is 6.43 Å². The van der Waals surface area contributed by atoms with E-state index in [9.17, 15) is 0 Å². The fourth-order valence-electron chi connectivity index (χ4n) is 0.100. The summed E-state index contributed by atoms with van der Waals surface area (Å²) in [5.41, 5.74) is 0. The van der Waals surface area contributed by atoms with E-state index in [1.54, 1.807) is 0 Å². The molecule has 2 nitrogen and oxygen atoms in total. The van der Waals surface area contributed by atoms with E-state index in [0.29, 0.717) is 0 Å². The molecule has 0 saturated heterocycles. The first-order valence-electron chi connectivity index (χ1n) is 1.49. The van der Waals surface area contributed by atoms with E-state index in [1.807, 2.05) is 0 Å². The summed E-state index contributed by atoms with van der Waals surface area (Å²) in [6.07, 6.45) is 0. The number of hydrogen-bond acceptors (Lipinski definition) is 4. The standard InChI is InChI=1S/2CNS.ClH.Sn/c2*2-1-3;;/h;;1H;/q2*-1;;+3/p-1. The predicted molar refractivity (Wildman–Crippen MR) is 41.7 cm³/mol. The number of rotatable bonds is 2. The zero-order valence-corrected chi connectivity index (χ0v) is 8.83. The molecule has 0 spiro atoms. The molecule has 0 amide bonds. The first-order chi connectivity index (χ1) is 3.81. The van der Waals surface area contributed by atoms with Gasteiger partial charge >= 0.3 is 69.3 Å². The van der Waals surface area contributed by atoms with Crippen molar-refractivity contribution in [1.29, 1.82) is 0 Å². The van der Waals surface area contributed by atoms with Crippen LogP contribution in [0.25, 0.3) is 0 Å². The SMILES string of the molecule is S=C=[N][Sn]([Cl])[N]=C=S. The Morgan fingerprint density at radius 1 is 1.25 bits per heavy atom. The van der Waals surface area contributed by atoms with E-state index >= 15 is 0 Å². The minimum atomic E-state index is -2.40. The van der Waals surface area contributed by atoms with E-state index in [0.717, 1.165) is 0 Å². The molecule has 1 radical (unpaired) electrons. The molecule has 0 aliphatic carbocycles. The van der Waals surface area contributed by atoms with Crippen LogP contribution in [0.1, 0.15) is 0 Å². The van der Waals surface area contributed by atoms with Crippen molar-refractivity contribution in [3.05, 3.63) is 0 Å². The molecule has 8 heavy (non-hydrogen) atoms. The third kappa shape index (κ3) is 4.84. The van der Waals surface area contributed by atoms with Crippen molar-refractivity contribution in [1.82, 2.24) is 0 Å². The number of isothiocyanates is 2. The summed E-state index contributed by atoms with van der Waals surface area (Å²) in [6.45, 7) is 0. The fourth-order valence-corrected chi connectivity index (χ4v) is 3.07. The van der Waals surface area contributed by atoms with Crippen molar-refractivity contribution < 1.29 is 0 Å². The average Bonchev–Trinajstić information content (AvgIpc) is 1.68. The first kappa shape index (κ1) is 8.69. The quantitative estimate of drug-likeness (QED) is 0.430. The van der Waals surface area contributed by atoms with Crippen LogP contribution in [0, 0.1) is 0 Å². The van der Waals surface area contributed by atoms with Gasteiger partial charge in [-0.1, -0.05) is 0 Å². The van der Waals surface area contributed by atoms with Gasteiger partial charge in [0.05, 0.1) is 0 Å². The molecule has 0 atom stereocenters. The minimum absolute atomic E-state index is 2.14. The summed E-state index contributed by atoms with van der Waals surface area (Å²) in [5.74, 6) is 0. The molecule has 0 aromatic rings. The van der Waals surface area contributed by atoms with Crippen LogP contribution >= 0.6 is 33.4 Å². The molecule has 0 saturated carbocycles. The second-order valence-electron chi connectivity index (χ2n) is 0.675. The van der Waals surface area contributed by atoms with Crippen LogP contribution in [0.3, 0.4) is 0 Å². The molecule has 0 aromatic heterocycles. The van der Waals surface area contributed by atoms with Gasteiger partial charge in [0.2, 0.25) is 0 Å². The molecule has 0 bridgehead atoms. The molecular weight excluding hydrogens is 270 g/mol. The molecule has 0 fully saturated rings. The van der Waals surface area contributed by atoms with Gasteiger partial charge in [0.15, 0.2) is 0 Å². The summed E-state index contributed by atoms with van der Waals surface area (Å²) >= 11 is 6.14. The van der Waals surface area contributed by atoms with Gasteiger partial charge in [0.25, 0.3) is 0 Å². The molecule has 0 heterocycles. The predicted octanol–water partition coefficient (Wildman–Crippen LogP) is 1.42. The second-order valence-corrected chi connectivity index (χ2v) is 6.12. The number of hydrogen-bond donors (Lipinski definition) is 0. The Balaban J connectivity index is 3.82. The van der Waals surface area contributed by atoms with Gasteiger partial charge in [-0.25, -0.2) is 0 Å². The Bertz CT molecular complexity index is 141. The van der Waals surface area contributed by atoms with Gasteiger partial charge in [-0.15, -0.1) is 0 Å². The van der Waals surface area contributed by atoms with E-state index in [2.05, 4.69) is 41.2 Å². The molecule has 0 aliphatic rings. The Labute approximate surface area is 68.8 Å².